The number of sulfone groups is 2. The summed E-state index contributed by atoms with van der Waals surface area (Å²) in [6, 6.07) is 6.59. The second-order valence-corrected chi connectivity index (χ2v) is 16.9. The normalized spacial score (nSPS) is 16.2. The summed E-state index contributed by atoms with van der Waals surface area (Å²) in [6.45, 7) is 4.01. The lowest BCUT2D eigenvalue weighted by molar-refractivity contribution is 0.0695. The van der Waals surface area contributed by atoms with Crippen LogP contribution in [0, 0.1) is 0 Å². The summed E-state index contributed by atoms with van der Waals surface area (Å²) in [5.41, 5.74) is 14.3. The molecule has 0 atom stereocenters. The van der Waals surface area contributed by atoms with E-state index in [9.17, 15) is 31.5 Å². The number of carboxylic acids is 1. The zero-order chi connectivity index (χ0) is 34.9. The average molecular weight is 690 g/mol. The molecule has 2 aliphatic carbocycles. The molecule has 10 nitrogen and oxygen atoms in total. The Morgan fingerprint density at radius 3 is 1.43 bits per heavy atom. The number of guanidine groups is 1. The van der Waals surface area contributed by atoms with Gasteiger partial charge >= 0.3 is 5.97 Å². The van der Waals surface area contributed by atoms with E-state index in [4.69, 9.17) is 11.5 Å². The number of nitrogens with zero attached hydrogens (tertiary/aromatic N) is 1. The Balaban J connectivity index is 0.000000257. The van der Waals surface area contributed by atoms with Gasteiger partial charge in [-0.25, -0.2) is 21.6 Å². The summed E-state index contributed by atoms with van der Waals surface area (Å²) < 4.78 is 49.0. The Labute approximate surface area is 280 Å². The first-order valence-electron chi connectivity index (χ1n) is 16.7. The van der Waals surface area contributed by atoms with Crippen molar-refractivity contribution >= 4 is 37.5 Å². The van der Waals surface area contributed by atoms with Gasteiger partial charge in [0, 0.05) is 18.1 Å². The maximum Gasteiger partial charge on any atom is 0.336 e. The molecule has 0 saturated heterocycles. The Kier molecular flexibility index (Phi) is 13.6. The van der Waals surface area contributed by atoms with E-state index < -0.39 is 31.6 Å². The largest absolute Gasteiger partial charge is 0.478 e. The number of rotatable bonds is 10. The molecule has 1 amide bonds. The van der Waals surface area contributed by atoms with Gasteiger partial charge in [-0.1, -0.05) is 77.3 Å². The quantitative estimate of drug-likeness (QED) is 0.190. The molecular weight excluding hydrogens is 639 g/mol. The zero-order valence-electron chi connectivity index (χ0n) is 28.2. The van der Waals surface area contributed by atoms with Crippen LogP contribution in [0.15, 0.2) is 39.0 Å². The molecule has 4 rings (SSSR count). The van der Waals surface area contributed by atoms with Gasteiger partial charge in [-0.05, 0) is 84.7 Å². The molecule has 5 N–H and O–H groups in total. The number of aromatic carboxylic acids is 1. The summed E-state index contributed by atoms with van der Waals surface area (Å²) >= 11 is 0. The predicted octanol–water partition coefficient (Wildman–Crippen LogP) is 6.29. The van der Waals surface area contributed by atoms with Crippen molar-refractivity contribution in [2.45, 2.75) is 125 Å². The lowest BCUT2D eigenvalue weighted by Crippen LogP contribution is -2.24. The van der Waals surface area contributed by atoms with Crippen molar-refractivity contribution < 1.29 is 31.5 Å². The molecule has 0 heterocycles. The summed E-state index contributed by atoms with van der Waals surface area (Å²) in [5, 5.41) is 9.39. The summed E-state index contributed by atoms with van der Waals surface area (Å²) in [6.07, 6.45) is 16.1. The van der Waals surface area contributed by atoms with Crippen molar-refractivity contribution in [3.05, 3.63) is 57.6 Å². The van der Waals surface area contributed by atoms with E-state index in [-0.39, 0.29) is 38.7 Å². The minimum absolute atomic E-state index is 0.127. The van der Waals surface area contributed by atoms with Crippen molar-refractivity contribution in [3.8, 4) is 0 Å². The van der Waals surface area contributed by atoms with Crippen LogP contribution in [0.5, 0.6) is 0 Å². The molecule has 0 unspecified atom stereocenters. The number of carboxylic acid groups (broad SMARTS) is 1. The fourth-order valence-electron chi connectivity index (χ4n) is 6.92. The molecule has 2 saturated carbocycles. The number of benzene rings is 2. The Morgan fingerprint density at radius 2 is 1.09 bits per heavy atom. The van der Waals surface area contributed by atoms with E-state index in [0.717, 1.165) is 86.5 Å². The number of hydrogen-bond donors (Lipinski definition) is 3. The molecular formula is C35H51N3O7S2. The number of aliphatic imine (C=N–C) groups is 1. The molecule has 2 aliphatic rings. The molecule has 2 aromatic carbocycles. The van der Waals surface area contributed by atoms with E-state index >= 15 is 0 Å². The smallest absolute Gasteiger partial charge is 0.336 e. The maximum absolute atomic E-state index is 12.4. The highest BCUT2D eigenvalue weighted by molar-refractivity contribution is 7.91. The number of aryl methyl sites for hydroxylation is 2. The van der Waals surface area contributed by atoms with Crippen LogP contribution in [-0.2, 0) is 32.5 Å². The van der Waals surface area contributed by atoms with Crippen LogP contribution in [0.4, 0.5) is 0 Å². The molecule has 47 heavy (non-hydrogen) atoms. The minimum Gasteiger partial charge on any atom is -0.478 e. The molecule has 0 bridgehead atoms. The van der Waals surface area contributed by atoms with Gasteiger partial charge in [0.1, 0.15) is 0 Å². The highest BCUT2D eigenvalue weighted by Crippen LogP contribution is 2.39. The molecule has 2 aromatic rings. The van der Waals surface area contributed by atoms with E-state index in [1.165, 1.54) is 37.5 Å². The molecule has 0 aromatic heterocycles. The summed E-state index contributed by atoms with van der Waals surface area (Å²) in [5.74, 6) is -1.52. The zero-order valence-corrected chi connectivity index (χ0v) is 29.8. The minimum atomic E-state index is -3.46. The van der Waals surface area contributed by atoms with Gasteiger partial charge in [-0.15, -0.1) is 0 Å². The SMILES string of the molecule is CCCc1cc(C2CCCCC2)c(S(C)(=O)=O)cc1C(=O)N=C(N)N.CCCc1cc(C2CCCCC2)c(S(C)(=O)=O)cc1C(=O)O. The van der Waals surface area contributed by atoms with Crippen molar-refractivity contribution in [1.82, 2.24) is 0 Å². The first-order chi connectivity index (χ1) is 22.1. The third-order valence-corrected chi connectivity index (χ3v) is 11.4. The first-order valence-corrected chi connectivity index (χ1v) is 20.5. The van der Waals surface area contributed by atoms with Gasteiger partial charge < -0.3 is 16.6 Å². The van der Waals surface area contributed by atoms with E-state index in [1.54, 1.807) is 0 Å². The van der Waals surface area contributed by atoms with Crippen molar-refractivity contribution in [2.24, 2.45) is 16.5 Å². The summed E-state index contributed by atoms with van der Waals surface area (Å²) in [4.78, 5) is 27.9. The number of carbonyl (C=O) groups is 2. The number of hydrogen-bond acceptors (Lipinski definition) is 6. The summed E-state index contributed by atoms with van der Waals surface area (Å²) in [7, 11) is -6.90. The fraction of sp³-hybridized carbons (Fsp3) is 0.571. The molecule has 0 radical (unpaired) electrons. The first kappa shape index (κ1) is 38.2. The predicted molar refractivity (Wildman–Crippen MR) is 186 cm³/mol. The monoisotopic (exact) mass is 689 g/mol. The highest BCUT2D eigenvalue weighted by Gasteiger charge is 2.27. The van der Waals surface area contributed by atoms with Crippen LogP contribution in [-0.4, -0.2) is 52.3 Å². The van der Waals surface area contributed by atoms with Gasteiger partial charge in [-0.3, -0.25) is 4.79 Å². The van der Waals surface area contributed by atoms with Crippen LogP contribution in [0.1, 0.15) is 146 Å². The highest BCUT2D eigenvalue weighted by atomic mass is 32.2. The second-order valence-electron chi connectivity index (χ2n) is 13.0. The van der Waals surface area contributed by atoms with Gasteiger partial charge in [0.15, 0.2) is 25.6 Å². The van der Waals surface area contributed by atoms with E-state index in [0.29, 0.717) is 12.8 Å². The standard InChI is InChI=1S/C18H27N3O3S.C17H24O4S/c1-3-7-13-10-14(12-8-5-4-6-9-12)16(25(2,23)24)11-15(13)17(22)21-18(19)20;1-3-7-13-10-14(12-8-5-4-6-9-12)16(22(2,20)21)11-15(13)17(18)19/h10-12H,3-9H2,1-2H3,(H4,19,20,21,22);10-12H,3-9H2,1-2H3,(H,18,19). The van der Waals surface area contributed by atoms with E-state index in [1.807, 2.05) is 26.0 Å². The second kappa shape index (κ2) is 16.7. The van der Waals surface area contributed by atoms with Crippen LogP contribution in [0.25, 0.3) is 0 Å². The van der Waals surface area contributed by atoms with Gasteiger partial charge in [0.05, 0.1) is 15.4 Å². The number of carbonyl (C=O) groups excluding carboxylic acids is 1. The molecule has 12 heteroatoms. The molecule has 260 valence electrons. The van der Waals surface area contributed by atoms with Gasteiger partial charge in [-0.2, -0.15) is 4.99 Å². The Bertz CT molecular complexity index is 1680. The van der Waals surface area contributed by atoms with Crippen molar-refractivity contribution in [2.75, 3.05) is 12.5 Å². The van der Waals surface area contributed by atoms with Crippen LogP contribution in [0.3, 0.4) is 0 Å². The maximum atomic E-state index is 12.4. The van der Waals surface area contributed by atoms with E-state index in [2.05, 4.69) is 4.99 Å². The Hall–Kier alpha value is -3.25. The van der Waals surface area contributed by atoms with Gasteiger partial charge in [0.2, 0.25) is 0 Å². The van der Waals surface area contributed by atoms with Crippen molar-refractivity contribution in [3.63, 3.8) is 0 Å². The number of nitrogens with two attached hydrogens (primary N) is 2. The van der Waals surface area contributed by atoms with Crippen molar-refractivity contribution in [1.29, 1.82) is 0 Å². The number of amides is 1. The fourth-order valence-corrected chi connectivity index (χ4v) is 8.89. The Morgan fingerprint density at radius 1 is 0.702 bits per heavy atom. The van der Waals surface area contributed by atoms with Crippen LogP contribution >= 0.6 is 0 Å². The third kappa shape index (κ3) is 10.4. The molecule has 0 spiro atoms. The lowest BCUT2D eigenvalue weighted by Gasteiger charge is -2.25. The third-order valence-electron chi connectivity index (χ3n) is 9.09. The average Bonchev–Trinajstić information content (AvgIpc) is 3.00. The van der Waals surface area contributed by atoms with Crippen LogP contribution in [0.2, 0.25) is 0 Å². The molecule has 2 fully saturated rings. The lowest BCUT2D eigenvalue weighted by atomic mass is 9.82. The topological polar surface area (TPSA) is 187 Å². The van der Waals surface area contributed by atoms with Gasteiger partial charge in [0.25, 0.3) is 5.91 Å². The van der Waals surface area contributed by atoms with Crippen LogP contribution < -0.4 is 11.5 Å². The molecule has 0 aliphatic heterocycles.